The predicted octanol–water partition coefficient (Wildman–Crippen LogP) is 2.51. The maximum atomic E-state index is 12.2. The largest absolute Gasteiger partial charge is 0.481 e. The molecule has 0 saturated heterocycles. The van der Waals surface area contributed by atoms with Crippen LogP contribution in [0.2, 0.25) is 18.1 Å². The quantitative estimate of drug-likeness (QED) is 0.483. The van der Waals surface area contributed by atoms with E-state index in [1.165, 1.54) is 11.7 Å². The number of rotatable bonds is 6. The van der Waals surface area contributed by atoms with Crippen molar-refractivity contribution in [3.63, 3.8) is 0 Å². The fraction of sp³-hybridized carbons (Fsp3) is 0.588. The van der Waals surface area contributed by atoms with Gasteiger partial charge in [0.1, 0.15) is 0 Å². The zero-order valence-electron chi connectivity index (χ0n) is 15.8. The normalized spacial score (nSPS) is 12.6. The average molecular weight is 366 g/mol. The van der Waals surface area contributed by atoms with E-state index in [9.17, 15) is 9.59 Å². The van der Waals surface area contributed by atoms with Gasteiger partial charge in [-0.1, -0.05) is 20.8 Å². The van der Waals surface area contributed by atoms with Crippen molar-refractivity contribution in [2.75, 3.05) is 13.7 Å². The van der Waals surface area contributed by atoms with Gasteiger partial charge in [-0.3, -0.25) is 14.2 Å². The van der Waals surface area contributed by atoms with Crippen molar-refractivity contribution in [3.8, 4) is 5.88 Å². The molecule has 1 N–H and O–H groups in total. The van der Waals surface area contributed by atoms with Gasteiger partial charge >= 0.3 is 11.1 Å². The molecule has 0 unspecified atom stereocenters. The lowest BCUT2D eigenvalue weighted by Gasteiger charge is -2.36. The van der Waals surface area contributed by atoms with Crippen molar-refractivity contribution in [2.24, 2.45) is 0 Å². The molecule has 25 heavy (non-hydrogen) atoms. The Morgan fingerprint density at radius 2 is 1.92 bits per heavy atom. The van der Waals surface area contributed by atoms with Crippen molar-refractivity contribution in [3.05, 3.63) is 32.8 Å². The molecule has 0 aliphatic heterocycles. The Balaban J connectivity index is 2.22. The standard InChI is InChI=1S/C17H27N3O4Si/c1-17(2,3)25(5,6)24-11-7-10-20-14-12(18-15(21)16(20)22)8-9-13(19-14)23-4/h8-9H,7,10-11H2,1-6H3,(H,18,21). The molecule has 0 bridgehead atoms. The highest BCUT2D eigenvalue weighted by Gasteiger charge is 2.36. The van der Waals surface area contributed by atoms with E-state index in [0.29, 0.717) is 36.6 Å². The molecule has 7 nitrogen and oxygen atoms in total. The van der Waals surface area contributed by atoms with Crippen LogP contribution in [0.15, 0.2) is 21.7 Å². The second kappa shape index (κ2) is 7.13. The Morgan fingerprint density at radius 1 is 1.24 bits per heavy atom. The first kappa shape index (κ1) is 19.4. The summed E-state index contributed by atoms with van der Waals surface area (Å²) in [6, 6.07) is 3.33. The lowest BCUT2D eigenvalue weighted by molar-refractivity contribution is 0.275. The molecule has 0 aliphatic rings. The number of pyridine rings is 1. The van der Waals surface area contributed by atoms with Crippen LogP contribution < -0.4 is 15.9 Å². The molecule has 0 aliphatic carbocycles. The molecule has 2 rings (SSSR count). The summed E-state index contributed by atoms with van der Waals surface area (Å²) in [5, 5.41) is 0.134. The first-order valence-electron chi connectivity index (χ1n) is 8.38. The molecule has 2 aromatic rings. The van der Waals surface area contributed by atoms with E-state index in [2.05, 4.69) is 43.8 Å². The van der Waals surface area contributed by atoms with Crippen molar-refractivity contribution in [1.29, 1.82) is 0 Å². The number of aromatic nitrogens is 3. The number of nitrogens with one attached hydrogen (secondary N) is 1. The average Bonchev–Trinajstić information content (AvgIpc) is 2.53. The zero-order chi connectivity index (χ0) is 18.8. The van der Waals surface area contributed by atoms with Gasteiger partial charge in [0.15, 0.2) is 14.0 Å². The highest BCUT2D eigenvalue weighted by atomic mass is 28.4. The van der Waals surface area contributed by atoms with Gasteiger partial charge in [0.25, 0.3) is 0 Å². The van der Waals surface area contributed by atoms with Gasteiger partial charge in [-0.25, -0.2) is 0 Å². The molecular weight excluding hydrogens is 338 g/mol. The third-order valence-electron chi connectivity index (χ3n) is 4.80. The Morgan fingerprint density at radius 3 is 2.52 bits per heavy atom. The topological polar surface area (TPSA) is 86.2 Å². The van der Waals surface area contributed by atoms with E-state index in [4.69, 9.17) is 9.16 Å². The number of hydrogen-bond donors (Lipinski definition) is 1. The summed E-state index contributed by atoms with van der Waals surface area (Å²) in [5.41, 5.74) is -0.336. The summed E-state index contributed by atoms with van der Waals surface area (Å²) in [6.45, 7) is 11.8. The van der Waals surface area contributed by atoms with Crippen molar-refractivity contribution < 1.29 is 9.16 Å². The van der Waals surface area contributed by atoms with Crippen molar-refractivity contribution in [1.82, 2.24) is 14.5 Å². The summed E-state index contributed by atoms with van der Waals surface area (Å²) in [4.78, 5) is 31.0. The number of aromatic amines is 1. The van der Waals surface area contributed by atoms with E-state index in [1.807, 2.05) is 0 Å². The molecule has 8 heteroatoms. The third kappa shape index (κ3) is 4.19. The SMILES string of the molecule is COc1ccc2[nH]c(=O)c(=O)n(CCCO[Si](C)(C)C(C)(C)C)c2n1. The lowest BCUT2D eigenvalue weighted by atomic mass is 10.2. The van der Waals surface area contributed by atoms with E-state index < -0.39 is 19.4 Å². The minimum Gasteiger partial charge on any atom is -0.481 e. The number of fused-ring (bicyclic) bond motifs is 1. The van der Waals surface area contributed by atoms with Gasteiger partial charge in [0, 0.05) is 19.2 Å². The fourth-order valence-corrected chi connectivity index (χ4v) is 3.30. The predicted molar refractivity (Wildman–Crippen MR) is 101 cm³/mol. The third-order valence-corrected chi connectivity index (χ3v) is 9.34. The van der Waals surface area contributed by atoms with Gasteiger partial charge in [0.05, 0.1) is 12.6 Å². The summed E-state index contributed by atoms with van der Waals surface area (Å²) >= 11 is 0. The highest BCUT2D eigenvalue weighted by molar-refractivity contribution is 6.74. The van der Waals surface area contributed by atoms with Gasteiger partial charge in [0.2, 0.25) is 5.88 Å². The molecule has 0 saturated carbocycles. The number of H-pyrrole nitrogens is 1. The Bertz CT molecular complexity index is 865. The molecule has 2 aromatic heterocycles. The van der Waals surface area contributed by atoms with E-state index in [-0.39, 0.29) is 5.04 Å². The van der Waals surface area contributed by atoms with Gasteiger partial charge in [-0.05, 0) is 30.6 Å². The van der Waals surface area contributed by atoms with Crippen LogP contribution in [0, 0.1) is 0 Å². The molecule has 0 aromatic carbocycles. The Kier molecular flexibility index (Phi) is 5.53. The van der Waals surface area contributed by atoms with Crippen LogP contribution in [0.25, 0.3) is 11.2 Å². The van der Waals surface area contributed by atoms with Crippen molar-refractivity contribution >= 4 is 19.5 Å². The minimum atomic E-state index is -1.83. The summed E-state index contributed by atoms with van der Waals surface area (Å²) < 4.78 is 12.6. The molecule has 0 radical (unpaired) electrons. The smallest absolute Gasteiger partial charge is 0.317 e. The Labute approximate surface area is 148 Å². The van der Waals surface area contributed by atoms with Gasteiger partial charge in [-0.2, -0.15) is 4.98 Å². The van der Waals surface area contributed by atoms with Crippen LogP contribution in [0.3, 0.4) is 0 Å². The molecule has 0 spiro atoms. The van der Waals surface area contributed by atoms with E-state index in [1.54, 1.807) is 12.1 Å². The maximum Gasteiger partial charge on any atom is 0.317 e. The first-order chi connectivity index (χ1) is 11.6. The summed E-state index contributed by atoms with van der Waals surface area (Å²) in [6.07, 6.45) is 0.629. The van der Waals surface area contributed by atoms with Gasteiger partial charge < -0.3 is 14.1 Å². The zero-order valence-corrected chi connectivity index (χ0v) is 16.8. The lowest BCUT2D eigenvalue weighted by Crippen LogP contribution is -2.41. The summed E-state index contributed by atoms with van der Waals surface area (Å²) in [5.74, 6) is 0.394. The molecule has 138 valence electrons. The number of ether oxygens (including phenoxy) is 1. The van der Waals surface area contributed by atoms with Crippen LogP contribution >= 0.6 is 0 Å². The number of nitrogens with zero attached hydrogens (tertiary/aromatic N) is 2. The Hall–Kier alpha value is -1.93. The number of hydrogen-bond acceptors (Lipinski definition) is 5. The van der Waals surface area contributed by atoms with Crippen LogP contribution in [-0.2, 0) is 11.0 Å². The monoisotopic (exact) mass is 365 g/mol. The van der Waals surface area contributed by atoms with Crippen LogP contribution in [0.1, 0.15) is 27.2 Å². The van der Waals surface area contributed by atoms with Crippen LogP contribution in [-0.4, -0.2) is 36.6 Å². The second-order valence-electron chi connectivity index (χ2n) is 7.60. The summed E-state index contributed by atoms with van der Waals surface area (Å²) in [7, 11) is -0.318. The first-order valence-corrected chi connectivity index (χ1v) is 11.3. The minimum absolute atomic E-state index is 0.134. The fourth-order valence-electron chi connectivity index (χ4n) is 2.22. The van der Waals surface area contributed by atoms with Gasteiger partial charge in [-0.15, -0.1) is 0 Å². The second-order valence-corrected chi connectivity index (χ2v) is 12.4. The molecule has 0 amide bonds. The highest BCUT2D eigenvalue weighted by Crippen LogP contribution is 2.36. The molecule has 2 heterocycles. The number of aryl methyl sites for hydroxylation is 1. The molecular formula is C17H27N3O4Si. The molecule has 0 atom stereocenters. The van der Waals surface area contributed by atoms with Crippen molar-refractivity contribution in [2.45, 2.75) is 51.9 Å². The maximum absolute atomic E-state index is 12.2. The van der Waals surface area contributed by atoms with Crippen LogP contribution in [0.5, 0.6) is 5.88 Å². The van der Waals surface area contributed by atoms with E-state index in [0.717, 1.165) is 0 Å². The number of methoxy groups -OCH3 is 1. The van der Waals surface area contributed by atoms with E-state index >= 15 is 0 Å². The van der Waals surface area contributed by atoms with Crippen LogP contribution in [0.4, 0.5) is 0 Å². The molecule has 0 fully saturated rings.